The van der Waals surface area contributed by atoms with Crippen LogP contribution in [0.15, 0.2) is 24.4 Å². The number of carbonyl (C=O) groups excluding carboxylic acids is 1. The van der Waals surface area contributed by atoms with Crippen LogP contribution in [0.4, 0.5) is 0 Å². The van der Waals surface area contributed by atoms with Gasteiger partial charge in [-0.05, 0) is 23.8 Å². The van der Waals surface area contributed by atoms with Crippen molar-refractivity contribution < 1.29 is 19.0 Å². The van der Waals surface area contributed by atoms with Gasteiger partial charge in [-0.25, -0.2) is 0 Å². The molecule has 3 heterocycles. The first kappa shape index (κ1) is 15.5. The highest BCUT2D eigenvalue weighted by Crippen LogP contribution is 2.31. The largest absolute Gasteiger partial charge is 0.497 e. The van der Waals surface area contributed by atoms with Crippen molar-refractivity contribution >= 4 is 16.8 Å². The lowest BCUT2D eigenvalue weighted by atomic mass is 10.0. The number of nitrogens with one attached hydrogen (secondary N) is 1. The van der Waals surface area contributed by atoms with Crippen molar-refractivity contribution in [3.63, 3.8) is 0 Å². The van der Waals surface area contributed by atoms with Crippen LogP contribution in [0, 0.1) is 0 Å². The molecule has 0 aliphatic carbocycles. The van der Waals surface area contributed by atoms with E-state index in [4.69, 9.17) is 14.2 Å². The zero-order chi connectivity index (χ0) is 16.6. The van der Waals surface area contributed by atoms with E-state index in [1.807, 2.05) is 29.3 Å². The van der Waals surface area contributed by atoms with Gasteiger partial charge in [-0.3, -0.25) is 4.79 Å². The highest BCUT2D eigenvalue weighted by atomic mass is 16.7. The summed E-state index contributed by atoms with van der Waals surface area (Å²) in [6, 6.07) is 5.86. The monoisotopic (exact) mass is 330 g/mol. The summed E-state index contributed by atoms with van der Waals surface area (Å²) in [6.45, 7) is 2.69. The first-order chi connectivity index (χ1) is 11.7. The van der Waals surface area contributed by atoms with Gasteiger partial charge in [0.25, 0.3) is 0 Å². The number of benzene rings is 1. The molecule has 2 aliphatic heterocycles. The van der Waals surface area contributed by atoms with E-state index in [2.05, 4.69) is 4.98 Å². The van der Waals surface area contributed by atoms with Crippen molar-refractivity contribution in [3.05, 3.63) is 30.0 Å². The predicted molar refractivity (Wildman–Crippen MR) is 89.0 cm³/mol. The number of rotatable bonds is 3. The minimum Gasteiger partial charge on any atom is -0.497 e. The minimum atomic E-state index is -0.440. The van der Waals surface area contributed by atoms with Crippen molar-refractivity contribution in [2.45, 2.75) is 25.0 Å². The molecule has 2 fully saturated rings. The summed E-state index contributed by atoms with van der Waals surface area (Å²) in [4.78, 5) is 17.8. The Labute approximate surface area is 140 Å². The van der Waals surface area contributed by atoms with Crippen LogP contribution in [-0.4, -0.2) is 55.0 Å². The van der Waals surface area contributed by atoms with Crippen LogP contribution in [-0.2, 0) is 20.7 Å². The Bertz CT molecular complexity index is 739. The maximum Gasteiger partial charge on any atom is 0.227 e. The van der Waals surface area contributed by atoms with Gasteiger partial charge in [0.15, 0.2) is 5.79 Å². The molecule has 2 saturated heterocycles. The first-order valence-electron chi connectivity index (χ1n) is 8.39. The standard InChI is InChI=1S/C18H22N2O4/c1-22-14-2-3-16-15(11-14)13(12-19-16)10-17(21)20-6-4-18(5-7-20)23-8-9-24-18/h2-3,11-12,19H,4-10H2,1H3. The summed E-state index contributed by atoms with van der Waals surface area (Å²) in [7, 11) is 1.65. The predicted octanol–water partition coefficient (Wildman–Crippen LogP) is 2.08. The van der Waals surface area contributed by atoms with E-state index in [0.717, 1.165) is 35.1 Å². The molecule has 0 saturated carbocycles. The van der Waals surface area contributed by atoms with Crippen LogP contribution in [0.2, 0.25) is 0 Å². The molecule has 1 amide bonds. The third-order valence-corrected chi connectivity index (χ3v) is 5.01. The number of hydrogen-bond acceptors (Lipinski definition) is 4. The van der Waals surface area contributed by atoms with Gasteiger partial charge in [-0.1, -0.05) is 0 Å². The number of hydrogen-bond donors (Lipinski definition) is 1. The summed E-state index contributed by atoms with van der Waals surface area (Å²) in [5.74, 6) is 0.503. The number of aromatic nitrogens is 1. The smallest absolute Gasteiger partial charge is 0.227 e. The maximum atomic E-state index is 12.7. The van der Waals surface area contributed by atoms with Gasteiger partial charge < -0.3 is 24.1 Å². The number of methoxy groups -OCH3 is 1. The Balaban J connectivity index is 1.45. The van der Waals surface area contributed by atoms with Crippen molar-refractivity contribution in [1.82, 2.24) is 9.88 Å². The lowest BCUT2D eigenvalue weighted by molar-refractivity contribution is -0.187. The number of H-pyrrole nitrogens is 1. The van der Waals surface area contributed by atoms with Gasteiger partial charge in [0.2, 0.25) is 5.91 Å². The van der Waals surface area contributed by atoms with Crippen molar-refractivity contribution in [2.24, 2.45) is 0 Å². The minimum absolute atomic E-state index is 0.145. The van der Waals surface area contributed by atoms with Crippen molar-refractivity contribution in [2.75, 3.05) is 33.4 Å². The molecule has 0 bridgehead atoms. The molecular formula is C18H22N2O4. The molecule has 6 nitrogen and oxygen atoms in total. The summed E-state index contributed by atoms with van der Waals surface area (Å²) in [6.07, 6.45) is 3.80. The van der Waals surface area contributed by atoms with Crippen LogP contribution in [0.5, 0.6) is 5.75 Å². The molecule has 1 N–H and O–H groups in total. The molecule has 2 aromatic rings. The van der Waals surface area contributed by atoms with E-state index in [0.29, 0.717) is 32.7 Å². The number of fused-ring (bicyclic) bond motifs is 1. The number of aromatic amines is 1. The molecule has 1 spiro atoms. The molecule has 6 heteroatoms. The van der Waals surface area contributed by atoms with Crippen LogP contribution >= 0.6 is 0 Å². The Morgan fingerprint density at radius 1 is 1.29 bits per heavy atom. The maximum absolute atomic E-state index is 12.7. The fraction of sp³-hybridized carbons (Fsp3) is 0.500. The zero-order valence-corrected chi connectivity index (χ0v) is 13.8. The fourth-order valence-corrected chi connectivity index (χ4v) is 3.59. The van der Waals surface area contributed by atoms with Gasteiger partial charge in [-0.2, -0.15) is 0 Å². The number of amides is 1. The highest BCUT2D eigenvalue weighted by Gasteiger charge is 2.40. The summed E-state index contributed by atoms with van der Waals surface area (Å²) >= 11 is 0. The molecule has 1 aromatic carbocycles. The van der Waals surface area contributed by atoms with Crippen LogP contribution < -0.4 is 4.74 Å². The SMILES string of the molecule is COc1ccc2[nH]cc(CC(=O)N3CCC4(CC3)OCCO4)c2c1. The summed E-state index contributed by atoms with van der Waals surface area (Å²) in [5, 5.41) is 1.04. The van der Waals surface area contributed by atoms with E-state index >= 15 is 0 Å². The topological polar surface area (TPSA) is 63.8 Å². The summed E-state index contributed by atoms with van der Waals surface area (Å²) < 4.78 is 16.7. The lowest BCUT2D eigenvalue weighted by Gasteiger charge is -2.37. The number of likely N-dealkylation sites (tertiary alicyclic amines) is 1. The molecule has 24 heavy (non-hydrogen) atoms. The van der Waals surface area contributed by atoms with E-state index in [9.17, 15) is 4.79 Å². The second-order valence-electron chi connectivity index (χ2n) is 6.39. The van der Waals surface area contributed by atoms with Gasteiger partial charge in [0.05, 0.1) is 26.7 Å². The third kappa shape index (κ3) is 2.76. The van der Waals surface area contributed by atoms with Gasteiger partial charge >= 0.3 is 0 Å². The number of nitrogens with zero attached hydrogens (tertiary/aromatic N) is 1. The molecule has 128 valence electrons. The second-order valence-corrected chi connectivity index (χ2v) is 6.39. The molecular weight excluding hydrogens is 308 g/mol. The van der Waals surface area contributed by atoms with Crippen molar-refractivity contribution in [3.8, 4) is 5.75 Å². The second kappa shape index (κ2) is 6.11. The van der Waals surface area contributed by atoms with Gasteiger partial charge in [0, 0.05) is 43.0 Å². The lowest BCUT2D eigenvalue weighted by Crippen LogP contribution is -2.47. The van der Waals surface area contributed by atoms with Crippen molar-refractivity contribution in [1.29, 1.82) is 0 Å². The van der Waals surface area contributed by atoms with E-state index in [1.54, 1.807) is 7.11 Å². The Morgan fingerprint density at radius 2 is 2.04 bits per heavy atom. The zero-order valence-electron chi connectivity index (χ0n) is 13.8. The molecule has 4 rings (SSSR count). The Morgan fingerprint density at radius 3 is 2.75 bits per heavy atom. The van der Waals surface area contributed by atoms with Gasteiger partial charge in [-0.15, -0.1) is 0 Å². The van der Waals surface area contributed by atoms with E-state index in [-0.39, 0.29) is 5.91 Å². The van der Waals surface area contributed by atoms with E-state index in [1.165, 1.54) is 0 Å². The molecule has 0 unspecified atom stereocenters. The van der Waals surface area contributed by atoms with Crippen LogP contribution in [0.1, 0.15) is 18.4 Å². The number of carbonyl (C=O) groups is 1. The average molecular weight is 330 g/mol. The number of ether oxygens (including phenoxy) is 3. The third-order valence-electron chi connectivity index (χ3n) is 5.01. The molecule has 1 aromatic heterocycles. The molecule has 2 aliphatic rings. The highest BCUT2D eigenvalue weighted by molar-refractivity contribution is 5.89. The van der Waals surface area contributed by atoms with Crippen LogP contribution in [0.3, 0.4) is 0 Å². The fourth-order valence-electron chi connectivity index (χ4n) is 3.59. The number of piperidine rings is 1. The Hall–Kier alpha value is -2.05. The first-order valence-corrected chi connectivity index (χ1v) is 8.39. The molecule has 0 atom stereocenters. The quantitative estimate of drug-likeness (QED) is 0.936. The van der Waals surface area contributed by atoms with Crippen LogP contribution in [0.25, 0.3) is 10.9 Å². The average Bonchev–Trinajstić information content (AvgIpc) is 3.23. The summed E-state index contributed by atoms with van der Waals surface area (Å²) in [5.41, 5.74) is 2.02. The van der Waals surface area contributed by atoms with E-state index < -0.39 is 5.79 Å². The van der Waals surface area contributed by atoms with Gasteiger partial charge in [0.1, 0.15) is 5.75 Å². The molecule has 0 radical (unpaired) electrons. The Kier molecular flexibility index (Phi) is 3.94. The normalized spacial score (nSPS) is 20.0.